The van der Waals surface area contributed by atoms with Crippen LogP contribution in [0.1, 0.15) is 25.1 Å². The number of pyridine rings is 1. The molecule has 0 radical (unpaired) electrons. The van der Waals surface area contributed by atoms with Crippen LogP contribution in [0.3, 0.4) is 0 Å². The topological polar surface area (TPSA) is 111 Å². The summed E-state index contributed by atoms with van der Waals surface area (Å²) in [5, 5.41) is 7.70. The molecule has 3 fully saturated rings. The van der Waals surface area contributed by atoms with Crippen LogP contribution in [-0.2, 0) is 11.3 Å². The fourth-order valence-electron chi connectivity index (χ4n) is 6.19. The lowest BCUT2D eigenvalue weighted by atomic mass is 9.86. The lowest BCUT2D eigenvalue weighted by molar-refractivity contribution is -0.163. The zero-order valence-electron chi connectivity index (χ0n) is 21.5. The van der Waals surface area contributed by atoms with E-state index in [2.05, 4.69) is 30.3 Å². The quantitative estimate of drug-likeness (QED) is 0.367. The number of hydrogen-bond donors (Lipinski definition) is 2. The van der Waals surface area contributed by atoms with Crippen molar-refractivity contribution in [2.45, 2.75) is 56.9 Å². The van der Waals surface area contributed by atoms with Crippen molar-refractivity contribution in [3.8, 4) is 11.3 Å². The Labute approximate surface area is 222 Å². The summed E-state index contributed by atoms with van der Waals surface area (Å²) in [5.41, 5.74) is 9.03. The highest BCUT2D eigenvalue weighted by Crippen LogP contribution is 2.48. The Balaban J connectivity index is 1.13. The van der Waals surface area contributed by atoms with Crippen molar-refractivity contribution >= 4 is 28.4 Å². The van der Waals surface area contributed by atoms with Crippen molar-refractivity contribution in [2.75, 3.05) is 37.4 Å². The zero-order valence-corrected chi connectivity index (χ0v) is 21.5. The number of nitrogen functional groups attached to an aromatic ring is 1. The van der Waals surface area contributed by atoms with E-state index in [0.717, 1.165) is 6.54 Å². The number of ether oxygens (including phenoxy) is 1. The first-order valence-electron chi connectivity index (χ1n) is 13.3. The van der Waals surface area contributed by atoms with Crippen molar-refractivity contribution in [2.24, 2.45) is 5.92 Å². The summed E-state index contributed by atoms with van der Waals surface area (Å²) in [5.74, 6) is 1.55. The van der Waals surface area contributed by atoms with E-state index in [1.807, 2.05) is 0 Å². The minimum atomic E-state index is -2.53. The fraction of sp³-hybridized carbons (Fsp3) is 0.538. The first kappa shape index (κ1) is 24.6. The number of aryl methyl sites for hydroxylation is 1. The molecule has 2 saturated heterocycles. The zero-order chi connectivity index (χ0) is 26.9. The van der Waals surface area contributed by atoms with Crippen LogP contribution in [0, 0.1) is 12.8 Å². The molecule has 3 N–H and O–H groups in total. The third-order valence-corrected chi connectivity index (χ3v) is 8.44. The largest absolute Gasteiger partial charge is 0.382 e. The Kier molecular flexibility index (Phi) is 5.70. The number of fused-ring (bicyclic) bond motifs is 2. The van der Waals surface area contributed by atoms with Gasteiger partial charge in [-0.05, 0) is 50.3 Å². The average Bonchev–Trinajstić information content (AvgIpc) is 3.54. The second-order valence-electron chi connectivity index (χ2n) is 10.9. The molecule has 0 spiro atoms. The molecule has 10 nitrogen and oxygen atoms in total. The smallest absolute Gasteiger partial charge is 0.256 e. The Morgan fingerprint density at radius 1 is 1.15 bits per heavy atom. The SMILES string of the molecule is Cc1nc2ccc(-c3ccn4nc(N[C@H]5CCN(C6(C7CC7)COC6)C[C@H]5F)nc(N)c34)nc2n1CC(F)F. The normalized spacial score (nSPS) is 23.5. The molecule has 206 valence electrons. The number of piperidine rings is 1. The van der Waals surface area contributed by atoms with Gasteiger partial charge in [-0.3, -0.25) is 4.90 Å². The summed E-state index contributed by atoms with van der Waals surface area (Å²) in [6.45, 7) is 3.74. The summed E-state index contributed by atoms with van der Waals surface area (Å²) in [6.07, 6.45) is 1.16. The summed E-state index contributed by atoms with van der Waals surface area (Å²) in [4.78, 5) is 15.7. The van der Waals surface area contributed by atoms with E-state index in [4.69, 9.17) is 10.5 Å². The van der Waals surface area contributed by atoms with Crippen LogP contribution in [0.2, 0.25) is 0 Å². The lowest BCUT2D eigenvalue weighted by Crippen LogP contribution is -2.67. The number of likely N-dealkylation sites (tertiary alicyclic amines) is 1. The molecule has 0 amide bonds. The highest BCUT2D eigenvalue weighted by Gasteiger charge is 2.55. The molecular weight excluding hydrogens is 511 g/mol. The molecular formula is C26H30F3N9O. The number of nitrogens with two attached hydrogens (primary N) is 1. The second-order valence-corrected chi connectivity index (χ2v) is 10.9. The van der Waals surface area contributed by atoms with Gasteiger partial charge < -0.3 is 20.4 Å². The van der Waals surface area contributed by atoms with Gasteiger partial charge in [0, 0.05) is 24.8 Å². The predicted octanol–water partition coefficient (Wildman–Crippen LogP) is 3.30. The number of hydrogen-bond acceptors (Lipinski definition) is 8. The Morgan fingerprint density at radius 2 is 1.97 bits per heavy atom. The van der Waals surface area contributed by atoms with Crippen LogP contribution in [0.4, 0.5) is 24.9 Å². The van der Waals surface area contributed by atoms with Crippen LogP contribution in [0.15, 0.2) is 24.4 Å². The predicted molar refractivity (Wildman–Crippen MR) is 139 cm³/mol. The molecule has 2 aliphatic heterocycles. The highest BCUT2D eigenvalue weighted by molar-refractivity contribution is 5.88. The second kappa shape index (κ2) is 9.05. The van der Waals surface area contributed by atoms with Gasteiger partial charge >= 0.3 is 0 Å². The number of anilines is 2. The Bertz CT molecular complexity index is 1540. The maximum atomic E-state index is 15.3. The van der Waals surface area contributed by atoms with Crippen molar-refractivity contribution in [1.29, 1.82) is 0 Å². The molecule has 2 atom stereocenters. The lowest BCUT2D eigenvalue weighted by Gasteiger charge is -2.53. The van der Waals surface area contributed by atoms with E-state index in [-0.39, 0.29) is 17.3 Å². The minimum absolute atomic E-state index is 0.0174. The average molecular weight is 542 g/mol. The van der Waals surface area contributed by atoms with Gasteiger partial charge in [0.25, 0.3) is 6.43 Å². The molecule has 1 aliphatic carbocycles. The number of rotatable bonds is 7. The van der Waals surface area contributed by atoms with Crippen molar-refractivity contribution in [1.82, 2.24) is 34.0 Å². The summed E-state index contributed by atoms with van der Waals surface area (Å²) in [7, 11) is 0. The Morgan fingerprint density at radius 3 is 2.67 bits per heavy atom. The molecule has 4 aromatic heterocycles. The van der Waals surface area contributed by atoms with Crippen LogP contribution < -0.4 is 11.1 Å². The first-order chi connectivity index (χ1) is 18.8. The maximum Gasteiger partial charge on any atom is 0.256 e. The van der Waals surface area contributed by atoms with Gasteiger partial charge in [-0.25, -0.2) is 27.7 Å². The van der Waals surface area contributed by atoms with E-state index < -0.39 is 25.2 Å². The van der Waals surface area contributed by atoms with Gasteiger partial charge in [-0.15, -0.1) is 5.10 Å². The number of nitrogens with one attached hydrogen (secondary N) is 1. The molecule has 7 rings (SSSR count). The molecule has 39 heavy (non-hydrogen) atoms. The van der Waals surface area contributed by atoms with E-state index in [1.165, 1.54) is 17.4 Å². The van der Waals surface area contributed by atoms with Crippen LogP contribution in [-0.4, -0.2) is 84.5 Å². The van der Waals surface area contributed by atoms with Crippen molar-refractivity contribution < 1.29 is 17.9 Å². The van der Waals surface area contributed by atoms with E-state index in [9.17, 15) is 8.78 Å². The van der Waals surface area contributed by atoms with E-state index in [0.29, 0.717) is 65.9 Å². The molecule has 0 unspecified atom stereocenters. The number of alkyl halides is 3. The van der Waals surface area contributed by atoms with Gasteiger partial charge in [-0.2, -0.15) is 4.98 Å². The standard InChI is InChI=1S/C26H30F3N9O/c1-14-31-20-5-4-18(32-24(20)37(14)11-21(28)29)16-6-9-38-22(16)23(30)34-25(35-38)33-19-7-8-36(10-17(19)27)26(12-39-13-26)15-2-3-15/h4-6,9,15,17,19,21H,2-3,7-8,10-13H2,1H3,(H3,30,33,34,35)/t17-,19+/m1/s1. The highest BCUT2D eigenvalue weighted by atomic mass is 19.3. The summed E-state index contributed by atoms with van der Waals surface area (Å²) in [6, 6.07) is 4.89. The number of nitrogens with zero attached hydrogens (tertiary/aromatic N) is 7. The van der Waals surface area contributed by atoms with Crippen molar-refractivity contribution in [3.05, 3.63) is 30.2 Å². The molecule has 0 aromatic carbocycles. The molecule has 3 aliphatic rings. The fourth-order valence-corrected chi connectivity index (χ4v) is 6.19. The molecule has 13 heteroatoms. The van der Waals surface area contributed by atoms with E-state index >= 15 is 4.39 Å². The van der Waals surface area contributed by atoms with E-state index in [1.54, 1.807) is 35.8 Å². The van der Waals surface area contributed by atoms with Crippen LogP contribution in [0.5, 0.6) is 0 Å². The van der Waals surface area contributed by atoms with Gasteiger partial charge in [0.2, 0.25) is 5.95 Å². The Hall–Kier alpha value is -3.45. The number of aromatic nitrogens is 6. The number of imidazole rings is 1. The van der Waals surface area contributed by atoms with Gasteiger partial charge in [0.15, 0.2) is 11.5 Å². The van der Waals surface area contributed by atoms with Gasteiger partial charge in [0.1, 0.15) is 23.0 Å². The van der Waals surface area contributed by atoms with Crippen molar-refractivity contribution in [3.63, 3.8) is 0 Å². The molecule has 1 saturated carbocycles. The summed E-state index contributed by atoms with van der Waals surface area (Å²) < 4.78 is 50.2. The summed E-state index contributed by atoms with van der Waals surface area (Å²) >= 11 is 0. The third-order valence-electron chi connectivity index (χ3n) is 8.44. The van der Waals surface area contributed by atoms with Crippen LogP contribution >= 0.6 is 0 Å². The molecule has 4 aromatic rings. The minimum Gasteiger partial charge on any atom is -0.382 e. The molecule has 6 heterocycles. The number of halogens is 3. The monoisotopic (exact) mass is 541 g/mol. The van der Waals surface area contributed by atoms with Gasteiger partial charge in [-0.1, -0.05) is 0 Å². The molecule has 0 bridgehead atoms. The van der Waals surface area contributed by atoms with Gasteiger partial charge in [0.05, 0.1) is 37.0 Å². The third kappa shape index (κ3) is 4.09. The first-order valence-corrected chi connectivity index (χ1v) is 13.3. The van der Waals surface area contributed by atoms with Crippen LogP contribution in [0.25, 0.3) is 27.9 Å². The maximum absolute atomic E-state index is 15.3.